The van der Waals surface area contributed by atoms with Gasteiger partial charge in [-0.1, -0.05) is 34.1 Å². The minimum atomic E-state index is -0.419. The van der Waals surface area contributed by atoms with E-state index in [4.69, 9.17) is 0 Å². The monoisotopic (exact) mass is 318 g/mol. The molecule has 2 rings (SSSR count). The quantitative estimate of drug-likeness (QED) is 0.478. The molecule has 0 unspecified atom stereocenters. The van der Waals surface area contributed by atoms with Crippen molar-refractivity contribution in [2.24, 2.45) is 4.99 Å². The minimum absolute atomic E-state index is 0.0496. The highest BCUT2D eigenvalue weighted by Gasteiger charge is 2.07. The van der Waals surface area contributed by atoms with E-state index in [-0.39, 0.29) is 5.69 Å². The molecule has 5 heteroatoms. The van der Waals surface area contributed by atoms with Gasteiger partial charge in [0.25, 0.3) is 5.69 Å². The summed E-state index contributed by atoms with van der Waals surface area (Å²) in [6.07, 6.45) is 1.69. The van der Waals surface area contributed by atoms with Gasteiger partial charge in [0, 0.05) is 22.8 Å². The van der Waals surface area contributed by atoms with Crippen molar-refractivity contribution >= 4 is 33.5 Å². The van der Waals surface area contributed by atoms with Crippen LogP contribution in [-0.2, 0) is 0 Å². The van der Waals surface area contributed by atoms with E-state index in [1.54, 1.807) is 12.3 Å². The zero-order chi connectivity index (χ0) is 13.8. The molecule has 0 saturated heterocycles. The van der Waals surface area contributed by atoms with E-state index in [1.165, 1.54) is 12.1 Å². The number of hydrogen-bond donors (Lipinski definition) is 0. The number of rotatable bonds is 3. The molecule has 0 heterocycles. The first kappa shape index (κ1) is 13.4. The maximum atomic E-state index is 10.7. The molecule has 0 bridgehead atoms. The Kier molecular flexibility index (Phi) is 4.06. The van der Waals surface area contributed by atoms with Gasteiger partial charge in [0.15, 0.2) is 0 Å². The molecular formula is C14H11BrN2O2. The molecule has 0 amide bonds. The summed E-state index contributed by atoms with van der Waals surface area (Å²) in [6, 6.07) is 12.3. The standard InChI is InChI=1S/C14H11BrN2O2/c1-10-2-7-13(17(18)19)8-14(10)16-9-11-3-5-12(15)6-4-11/h2-9H,1H3. The molecular weight excluding hydrogens is 308 g/mol. The predicted octanol–water partition coefficient (Wildman–Crippen LogP) is 4.42. The SMILES string of the molecule is Cc1ccc([N+](=O)[O-])cc1N=Cc1ccc(Br)cc1. The lowest BCUT2D eigenvalue weighted by Gasteiger charge is -2.00. The van der Waals surface area contributed by atoms with Crippen molar-refractivity contribution in [1.29, 1.82) is 0 Å². The lowest BCUT2D eigenvalue weighted by atomic mass is 10.2. The van der Waals surface area contributed by atoms with E-state index >= 15 is 0 Å². The number of aryl methyl sites for hydroxylation is 1. The molecule has 0 aliphatic heterocycles. The van der Waals surface area contributed by atoms with Crippen molar-refractivity contribution < 1.29 is 4.92 Å². The summed E-state index contributed by atoms with van der Waals surface area (Å²) in [4.78, 5) is 14.6. The second kappa shape index (κ2) is 5.75. The van der Waals surface area contributed by atoms with E-state index in [1.807, 2.05) is 31.2 Å². The Bertz CT molecular complexity index is 636. The second-order valence-corrected chi connectivity index (χ2v) is 4.95. The molecule has 19 heavy (non-hydrogen) atoms. The van der Waals surface area contributed by atoms with Crippen molar-refractivity contribution in [3.8, 4) is 0 Å². The average molecular weight is 319 g/mol. The number of nitro groups is 1. The van der Waals surface area contributed by atoms with E-state index in [2.05, 4.69) is 20.9 Å². The molecule has 0 aromatic heterocycles. The Morgan fingerprint density at radius 2 is 1.89 bits per heavy atom. The van der Waals surface area contributed by atoms with Crippen LogP contribution in [0.1, 0.15) is 11.1 Å². The van der Waals surface area contributed by atoms with Crippen molar-refractivity contribution in [2.45, 2.75) is 6.92 Å². The highest BCUT2D eigenvalue weighted by molar-refractivity contribution is 9.10. The fourth-order valence-corrected chi connectivity index (χ4v) is 1.81. The molecule has 0 fully saturated rings. The third-order valence-corrected chi connectivity index (χ3v) is 3.15. The average Bonchev–Trinajstić information content (AvgIpc) is 2.39. The van der Waals surface area contributed by atoms with Crippen LogP contribution in [0.5, 0.6) is 0 Å². The Labute approximate surface area is 119 Å². The predicted molar refractivity (Wildman–Crippen MR) is 79.2 cm³/mol. The van der Waals surface area contributed by atoms with Crippen LogP contribution in [0.3, 0.4) is 0 Å². The number of halogens is 1. The van der Waals surface area contributed by atoms with Gasteiger partial charge in [0.1, 0.15) is 0 Å². The molecule has 2 aromatic carbocycles. The number of nitro benzene ring substituents is 1. The van der Waals surface area contributed by atoms with Gasteiger partial charge in [0.05, 0.1) is 10.6 Å². The summed E-state index contributed by atoms with van der Waals surface area (Å²) >= 11 is 3.36. The van der Waals surface area contributed by atoms with Crippen molar-refractivity contribution in [3.63, 3.8) is 0 Å². The maximum absolute atomic E-state index is 10.7. The van der Waals surface area contributed by atoms with E-state index in [9.17, 15) is 10.1 Å². The summed E-state index contributed by atoms with van der Waals surface area (Å²) in [7, 11) is 0. The first-order chi connectivity index (χ1) is 9.06. The van der Waals surface area contributed by atoms with Gasteiger partial charge < -0.3 is 0 Å². The molecule has 2 aromatic rings. The van der Waals surface area contributed by atoms with Crippen LogP contribution in [0.15, 0.2) is 51.9 Å². The van der Waals surface area contributed by atoms with Crippen LogP contribution in [0, 0.1) is 17.0 Å². The zero-order valence-corrected chi connectivity index (χ0v) is 11.8. The van der Waals surface area contributed by atoms with Crippen LogP contribution >= 0.6 is 15.9 Å². The van der Waals surface area contributed by atoms with Crippen molar-refractivity contribution in [1.82, 2.24) is 0 Å². The fraction of sp³-hybridized carbons (Fsp3) is 0.0714. The molecule has 4 nitrogen and oxygen atoms in total. The molecule has 0 atom stereocenters. The van der Waals surface area contributed by atoms with Gasteiger partial charge in [-0.2, -0.15) is 0 Å². The maximum Gasteiger partial charge on any atom is 0.271 e. The number of aliphatic imine (C=N–C) groups is 1. The van der Waals surface area contributed by atoms with Crippen LogP contribution in [-0.4, -0.2) is 11.1 Å². The number of benzene rings is 2. The van der Waals surface area contributed by atoms with E-state index < -0.39 is 4.92 Å². The van der Waals surface area contributed by atoms with Crippen LogP contribution in [0.4, 0.5) is 11.4 Å². The van der Waals surface area contributed by atoms with Crippen LogP contribution in [0.2, 0.25) is 0 Å². The van der Waals surface area contributed by atoms with Crippen molar-refractivity contribution in [2.75, 3.05) is 0 Å². The third kappa shape index (κ3) is 3.48. The number of nitrogens with zero attached hydrogens (tertiary/aromatic N) is 2. The Balaban J connectivity index is 2.29. The Morgan fingerprint density at radius 3 is 2.53 bits per heavy atom. The van der Waals surface area contributed by atoms with Gasteiger partial charge in [-0.15, -0.1) is 0 Å². The molecule has 0 spiro atoms. The van der Waals surface area contributed by atoms with E-state index in [0.29, 0.717) is 5.69 Å². The summed E-state index contributed by atoms with van der Waals surface area (Å²) in [6.45, 7) is 1.87. The molecule has 96 valence electrons. The topological polar surface area (TPSA) is 55.5 Å². The Hall–Kier alpha value is -2.01. The zero-order valence-electron chi connectivity index (χ0n) is 10.2. The summed E-state index contributed by atoms with van der Waals surface area (Å²) in [5, 5.41) is 10.7. The highest BCUT2D eigenvalue weighted by Crippen LogP contribution is 2.24. The second-order valence-electron chi connectivity index (χ2n) is 4.04. The highest BCUT2D eigenvalue weighted by atomic mass is 79.9. The first-order valence-corrected chi connectivity index (χ1v) is 6.40. The smallest absolute Gasteiger partial charge is 0.258 e. The fourth-order valence-electron chi connectivity index (χ4n) is 1.54. The molecule has 0 aliphatic rings. The molecule has 0 saturated carbocycles. The first-order valence-electron chi connectivity index (χ1n) is 5.61. The summed E-state index contributed by atoms with van der Waals surface area (Å²) < 4.78 is 0.996. The van der Waals surface area contributed by atoms with E-state index in [0.717, 1.165) is 15.6 Å². The van der Waals surface area contributed by atoms with Crippen LogP contribution < -0.4 is 0 Å². The normalized spacial score (nSPS) is 10.8. The summed E-state index contributed by atoms with van der Waals surface area (Å²) in [5.41, 5.74) is 2.50. The number of non-ortho nitro benzene ring substituents is 1. The van der Waals surface area contributed by atoms with Crippen molar-refractivity contribution in [3.05, 3.63) is 68.2 Å². The third-order valence-electron chi connectivity index (χ3n) is 2.63. The van der Waals surface area contributed by atoms with Gasteiger partial charge in [-0.25, -0.2) is 0 Å². The lowest BCUT2D eigenvalue weighted by Crippen LogP contribution is -1.88. The lowest BCUT2D eigenvalue weighted by molar-refractivity contribution is -0.384. The molecule has 0 N–H and O–H groups in total. The molecule has 0 aliphatic carbocycles. The summed E-state index contributed by atoms with van der Waals surface area (Å²) in [5.74, 6) is 0. The Morgan fingerprint density at radius 1 is 1.21 bits per heavy atom. The van der Waals surface area contributed by atoms with Gasteiger partial charge in [-0.3, -0.25) is 15.1 Å². The number of hydrogen-bond acceptors (Lipinski definition) is 3. The largest absolute Gasteiger partial charge is 0.271 e. The minimum Gasteiger partial charge on any atom is -0.258 e. The van der Waals surface area contributed by atoms with Crippen LogP contribution in [0.25, 0.3) is 0 Å². The van der Waals surface area contributed by atoms with Gasteiger partial charge in [0.2, 0.25) is 0 Å². The van der Waals surface area contributed by atoms with Gasteiger partial charge >= 0.3 is 0 Å². The van der Waals surface area contributed by atoms with Gasteiger partial charge in [-0.05, 0) is 30.2 Å². The molecule has 0 radical (unpaired) electrons.